The first kappa shape index (κ1) is 13.7. The molecular weight excluding hydrogens is 250 g/mol. The normalized spacial score (nSPS) is 24.5. The highest BCUT2D eigenvalue weighted by atomic mass is 35.5. The van der Waals surface area contributed by atoms with Crippen molar-refractivity contribution in [3.8, 4) is 0 Å². The lowest BCUT2D eigenvalue weighted by molar-refractivity contribution is 0.0465. The molecule has 4 heteroatoms. The van der Waals surface area contributed by atoms with E-state index in [4.69, 9.17) is 11.6 Å². The predicted molar refractivity (Wildman–Crippen MR) is 74.1 cm³/mol. The van der Waals surface area contributed by atoms with Crippen LogP contribution in [0.3, 0.4) is 0 Å². The Balaban J connectivity index is 2.03. The van der Waals surface area contributed by atoms with E-state index < -0.39 is 6.10 Å². The second-order valence-electron chi connectivity index (χ2n) is 5.26. The first-order valence-corrected chi connectivity index (χ1v) is 6.72. The predicted octanol–water partition coefficient (Wildman–Crippen LogP) is 2.60. The van der Waals surface area contributed by atoms with Crippen molar-refractivity contribution >= 4 is 17.3 Å². The summed E-state index contributed by atoms with van der Waals surface area (Å²) in [6, 6.07) is 5.66. The summed E-state index contributed by atoms with van der Waals surface area (Å²) in [5, 5.41) is 19.4. The Morgan fingerprint density at radius 3 is 2.61 bits per heavy atom. The Hall–Kier alpha value is -0.770. The van der Waals surface area contributed by atoms with Crippen LogP contribution in [0, 0.1) is 5.92 Å². The summed E-state index contributed by atoms with van der Waals surface area (Å²) in [7, 11) is 2.01. The second-order valence-corrected chi connectivity index (χ2v) is 5.67. The van der Waals surface area contributed by atoms with Crippen molar-refractivity contribution in [1.82, 2.24) is 0 Å². The molecule has 2 N–H and O–H groups in total. The molecule has 1 aromatic rings. The fourth-order valence-electron chi connectivity index (χ4n) is 2.43. The molecule has 0 aliphatic heterocycles. The lowest BCUT2D eigenvalue weighted by Crippen LogP contribution is -2.37. The summed E-state index contributed by atoms with van der Waals surface area (Å²) in [5.74, 6) is 0.553. The molecule has 1 aliphatic carbocycles. The number of rotatable bonds is 4. The van der Waals surface area contributed by atoms with Crippen LogP contribution in [0.2, 0.25) is 5.02 Å². The molecule has 3 nitrogen and oxygen atoms in total. The molecule has 2 rings (SSSR count). The summed E-state index contributed by atoms with van der Waals surface area (Å²) >= 11 is 6.24. The molecule has 0 saturated heterocycles. The maximum Gasteiger partial charge on any atom is 0.0762 e. The van der Waals surface area contributed by atoms with Crippen molar-refractivity contribution in [2.75, 3.05) is 18.5 Å². The van der Waals surface area contributed by atoms with Gasteiger partial charge in [-0.25, -0.2) is 0 Å². The topological polar surface area (TPSA) is 43.7 Å². The highest BCUT2D eigenvalue weighted by Gasteiger charge is 2.28. The van der Waals surface area contributed by atoms with E-state index in [0.29, 0.717) is 10.9 Å². The third-order valence-electron chi connectivity index (χ3n) is 3.61. The van der Waals surface area contributed by atoms with Crippen LogP contribution in [-0.2, 0) is 0 Å². The average molecular weight is 270 g/mol. The fourth-order valence-corrected chi connectivity index (χ4v) is 2.76. The van der Waals surface area contributed by atoms with E-state index in [0.717, 1.165) is 30.6 Å². The number of aliphatic hydroxyl groups excluding tert-OH is 2. The monoisotopic (exact) mass is 269 g/mol. The standard InChI is InChI=1S/C14H20ClNO2/c1-9(17)11-3-4-14(13(15)7-11)16(2)8-10-5-12(18)6-10/h3-4,7,9-10,12,17-18H,5-6,8H2,1-2H3/t9-,10?,12?/m0/s1. The fraction of sp³-hybridized carbons (Fsp3) is 0.571. The minimum absolute atomic E-state index is 0.114. The largest absolute Gasteiger partial charge is 0.393 e. The summed E-state index contributed by atoms with van der Waals surface area (Å²) in [6.07, 6.45) is 1.15. The summed E-state index contributed by atoms with van der Waals surface area (Å²) < 4.78 is 0. The molecule has 1 aliphatic rings. The van der Waals surface area contributed by atoms with Crippen LogP contribution in [0.25, 0.3) is 0 Å². The van der Waals surface area contributed by atoms with Crippen LogP contribution in [0.4, 0.5) is 5.69 Å². The smallest absolute Gasteiger partial charge is 0.0762 e. The zero-order valence-corrected chi connectivity index (χ0v) is 11.6. The molecule has 0 heterocycles. The van der Waals surface area contributed by atoms with Crippen LogP contribution < -0.4 is 4.90 Å². The third-order valence-corrected chi connectivity index (χ3v) is 3.91. The maximum atomic E-state index is 9.50. The summed E-state index contributed by atoms with van der Waals surface area (Å²) in [6.45, 7) is 2.63. The second kappa shape index (κ2) is 5.47. The van der Waals surface area contributed by atoms with E-state index in [1.54, 1.807) is 6.92 Å². The Bertz CT molecular complexity index is 416. The third kappa shape index (κ3) is 2.97. The summed E-state index contributed by atoms with van der Waals surface area (Å²) in [4.78, 5) is 2.12. The molecule has 1 fully saturated rings. The van der Waals surface area contributed by atoms with Crippen LogP contribution in [-0.4, -0.2) is 29.9 Å². The van der Waals surface area contributed by atoms with Gasteiger partial charge in [0.05, 0.1) is 22.9 Å². The number of nitrogens with zero attached hydrogens (tertiary/aromatic N) is 1. The molecule has 0 radical (unpaired) electrons. The van der Waals surface area contributed by atoms with Crippen LogP contribution >= 0.6 is 11.6 Å². The zero-order chi connectivity index (χ0) is 13.3. The van der Waals surface area contributed by atoms with Gasteiger partial charge in [-0.05, 0) is 43.4 Å². The Labute approximate surface area is 113 Å². The van der Waals surface area contributed by atoms with Crippen molar-refractivity contribution in [3.63, 3.8) is 0 Å². The van der Waals surface area contributed by atoms with E-state index in [9.17, 15) is 10.2 Å². The molecular formula is C14H20ClNO2. The quantitative estimate of drug-likeness (QED) is 0.883. The van der Waals surface area contributed by atoms with E-state index >= 15 is 0 Å². The van der Waals surface area contributed by atoms with Gasteiger partial charge in [0.1, 0.15) is 0 Å². The minimum Gasteiger partial charge on any atom is -0.393 e. The van der Waals surface area contributed by atoms with Crippen molar-refractivity contribution in [2.45, 2.75) is 32.0 Å². The van der Waals surface area contributed by atoms with Crippen LogP contribution in [0.1, 0.15) is 31.4 Å². The lowest BCUT2D eigenvalue weighted by atomic mass is 9.82. The highest BCUT2D eigenvalue weighted by Crippen LogP contribution is 2.32. The summed E-state index contributed by atoms with van der Waals surface area (Å²) in [5.41, 5.74) is 1.80. The van der Waals surface area contributed by atoms with Gasteiger partial charge in [-0.1, -0.05) is 17.7 Å². The van der Waals surface area contributed by atoms with Crippen molar-refractivity contribution in [2.24, 2.45) is 5.92 Å². The van der Waals surface area contributed by atoms with Gasteiger partial charge >= 0.3 is 0 Å². The van der Waals surface area contributed by atoms with Crippen LogP contribution in [0.5, 0.6) is 0 Å². The first-order chi connectivity index (χ1) is 8.47. The van der Waals surface area contributed by atoms with Gasteiger partial charge in [-0.2, -0.15) is 0 Å². The molecule has 0 amide bonds. The van der Waals surface area contributed by atoms with Crippen molar-refractivity contribution in [1.29, 1.82) is 0 Å². The van der Waals surface area contributed by atoms with Gasteiger partial charge in [0.2, 0.25) is 0 Å². The molecule has 0 unspecified atom stereocenters. The minimum atomic E-state index is -0.497. The Morgan fingerprint density at radius 1 is 1.44 bits per heavy atom. The average Bonchev–Trinajstić information content (AvgIpc) is 2.26. The number of hydrogen-bond acceptors (Lipinski definition) is 3. The molecule has 1 aromatic carbocycles. The zero-order valence-electron chi connectivity index (χ0n) is 10.8. The number of aliphatic hydroxyl groups is 2. The maximum absolute atomic E-state index is 9.50. The van der Waals surface area contributed by atoms with E-state index in [2.05, 4.69) is 4.90 Å². The van der Waals surface area contributed by atoms with Gasteiger partial charge < -0.3 is 15.1 Å². The molecule has 0 bridgehead atoms. The molecule has 100 valence electrons. The first-order valence-electron chi connectivity index (χ1n) is 6.34. The molecule has 0 aromatic heterocycles. The molecule has 18 heavy (non-hydrogen) atoms. The van der Waals surface area contributed by atoms with E-state index in [-0.39, 0.29) is 6.10 Å². The number of hydrogen-bond donors (Lipinski definition) is 2. The lowest BCUT2D eigenvalue weighted by Gasteiger charge is -2.35. The van der Waals surface area contributed by atoms with Gasteiger partial charge in [-0.15, -0.1) is 0 Å². The van der Waals surface area contributed by atoms with E-state index in [1.807, 2.05) is 25.2 Å². The number of anilines is 1. The molecule has 1 saturated carbocycles. The number of halogens is 1. The Kier molecular flexibility index (Phi) is 4.15. The number of benzene rings is 1. The van der Waals surface area contributed by atoms with Crippen molar-refractivity contribution in [3.05, 3.63) is 28.8 Å². The van der Waals surface area contributed by atoms with E-state index in [1.165, 1.54) is 0 Å². The molecule has 0 spiro atoms. The highest BCUT2D eigenvalue weighted by molar-refractivity contribution is 6.33. The van der Waals surface area contributed by atoms with Gasteiger partial charge in [0.25, 0.3) is 0 Å². The van der Waals surface area contributed by atoms with Gasteiger partial charge in [0, 0.05) is 13.6 Å². The SMILES string of the molecule is C[C@H](O)c1ccc(N(C)CC2CC(O)C2)c(Cl)c1. The Morgan fingerprint density at radius 2 is 2.11 bits per heavy atom. The van der Waals surface area contributed by atoms with Gasteiger partial charge in [-0.3, -0.25) is 0 Å². The van der Waals surface area contributed by atoms with Crippen LogP contribution in [0.15, 0.2) is 18.2 Å². The molecule has 1 atom stereocenters. The van der Waals surface area contributed by atoms with Crippen molar-refractivity contribution < 1.29 is 10.2 Å². The van der Waals surface area contributed by atoms with Gasteiger partial charge in [0.15, 0.2) is 0 Å².